The number of benzene rings is 1. The minimum absolute atomic E-state index is 0.0414. The number of hydrogen-bond donors (Lipinski definition) is 3. The monoisotopic (exact) mass is 289 g/mol. The maximum Gasteiger partial charge on any atom is 0.316 e. The standard InChI is InChI=1S/C12H13N5O2.C2H6/c1-7-3-2-4-8(5-7)17-6-9(15-12(14)19)10(16-17)11(13)18;1-2/h2-6H,1H3,(H2,13,18)(H3,14,15,19);1-2H3. The number of rotatable bonds is 3. The van der Waals surface area contributed by atoms with Gasteiger partial charge in [-0.3, -0.25) is 4.79 Å². The van der Waals surface area contributed by atoms with Crippen LogP contribution in [0.25, 0.3) is 5.69 Å². The van der Waals surface area contributed by atoms with Crippen molar-refractivity contribution in [3.05, 3.63) is 41.7 Å². The van der Waals surface area contributed by atoms with Crippen LogP contribution in [0.2, 0.25) is 0 Å². The summed E-state index contributed by atoms with van der Waals surface area (Å²) in [4.78, 5) is 22.1. The van der Waals surface area contributed by atoms with Gasteiger partial charge < -0.3 is 16.8 Å². The number of urea groups is 1. The first-order valence-electron chi connectivity index (χ1n) is 6.50. The van der Waals surface area contributed by atoms with Gasteiger partial charge in [-0.15, -0.1) is 0 Å². The van der Waals surface area contributed by atoms with Gasteiger partial charge in [0.25, 0.3) is 5.91 Å². The van der Waals surface area contributed by atoms with Crippen LogP contribution in [0.15, 0.2) is 30.5 Å². The minimum atomic E-state index is -0.786. The molecule has 5 N–H and O–H groups in total. The molecule has 0 aliphatic carbocycles. The van der Waals surface area contributed by atoms with Crippen LogP contribution in [0, 0.1) is 6.92 Å². The Morgan fingerprint density at radius 1 is 1.24 bits per heavy atom. The number of nitrogens with zero attached hydrogens (tertiary/aromatic N) is 2. The highest BCUT2D eigenvalue weighted by atomic mass is 16.2. The molecule has 112 valence electrons. The molecule has 1 heterocycles. The average Bonchev–Trinajstić information content (AvgIpc) is 2.84. The van der Waals surface area contributed by atoms with E-state index in [0.717, 1.165) is 11.3 Å². The topological polar surface area (TPSA) is 116 Å². The second kappa shape index (κ2) is 7.09. The van der Waals surface area contributed by atoms with Crippen LogP contribution in [-0.2, 0) is 0 Å². The number of aromatic nitrogens is 2. The first-order valence-corrected chi connectivity index (χ1v) is 6.50. The summed E-state index contributed by atoms with van der Waals surface area (Å²) in [6.07, 6.45) is 1.49. The van der Waals surface area contributed by atoms with Crippen molar-refractivity contribution < 1.29 is 9.59 Å². The molecule has 0 bridgehead atoms. The van der Waals surface area contributed by atoms with Crippen molar-refractivity contribution in [1.82, 2.24) is 9.78 Å². The number of nitrogens with two attached hydrogens (primary N) is 2. The summed E-state index contributed by atoms with van der Waals surface area (Å²) in [6.45, 7) is 5.94. The van der Waals surface area contributed by atoms with Crippen molar-refractivity contribution in [2.24, 2.45) is 11.5 Å². The number of carbonyl (C=O) groups is 2. The third-order valence-corrected chi connectivity index (χ3v) is 2.47. The highest BCUT2D eigenvalue weighted by molar-refractivity contribution is 6.00. The summed E-state index contributed by atoms with van der Waals surface area (Å²) in [6, 6.07) is 6.71. The molecule has 1 aromatic carbocycles. The van der Waals surface area contributed by atoms with Gasteiger partial charge in [-0.05, 0) is 24.6 Å². The minimum Gasteiger partial charge on any atom is -0.364 e. The molecule has 0 aliphatic rings. The summed E-state index contributed by atoms with van der Waals surface area (Å²) >= 11 is 0. The average molecular weight is 289 g/mol. The van der Waals surface area contributed by atoms with Crippen molar-refractivity contribution in [3.63, 3.8) is 0 Å². The van der Waals surface area contributed by atoms with Crippen LogP contribution >= 0.6 is 0 Å². The number of nitrogens with one attached hydrogen (secondary N) is 1. The number of anilines is 1. The smallest absolute Gasteiger partial charge is 0.316 e. The molecule has 3 amide bonds. The Balaban J connectivity index is 0.00000106. The van der Waals surface area contributed by atoms with E-state index in [-0.39, 0.29) is 11.4 Å². The lowest BCUT2D eigenvalue weighted by Crippen LogP contribution is -2.22. The fourth-order valence-electron chi connectivity index (χ4n) is 1.68. The molecule has 7 nitrogen and oxygen atoms in total. The molecule has 0 saturated carbocycles. The van der Waals surface area contributed by atoms with E-state index in [0.29, 0.717) is 0 Å². The maximum absolute atomic E-state index is 11.3. The molecule has 1 aromatic heterocycles. The van der Waals surface area contributed by atoms with E-state index in [1.54, 1.807) is 0 Å². The molecule has 0 aliphatic heterocycles. The fraction of sp³-hybridized carbons (Fsp3) is 0.214. The zero-order chi connectivity index (χ0) is 16.0. The Kier molecular flexibility index (Phi) is 5.48. The summed E-state index contributed by atoms with van der Waals surface area (Å²) in [5, 5.41) is 6.36. The van der Waals surface area contributed by atoms with E-state index in [1.165, 1.54) is 10.9 Å². The molecule has 0 unspecified atom stereocenters. The molecule has 0 atom stereocenters. The summed E-state index contributed by atoms with van der Waals surface area (Å²) in [7, 11) is 0. The molecule has 7 heteroatoms. The SMILES string of the molecule is CC.Cc1cccc(-n2cc(NC(N)=O)c(C(N)=O)n2)c1. The van der Waals surface area contributed by atoms with E-state index in [1.807, 2.05) is 45.0 Å². The molecular formula is C14H19N5O2. The normalized spacial score (nSPS) is 9.48. The molecule has 0 saturated heterocycles. The number of hydrogen-bond acceptors (Lipinski definition) is 3. The van der Waals surface area contributed by atoms with Gasteiger partial charge in [0.2, 0.25) is 0 Å². The van der Waals surface area contributed by atoms with Crippen LogP contribution in [0.4, 0.5) is 10.5 Å². The zero-order valence-corrected chi connectivity index (χ0v) is 12.3. The predicted octanol–water partition coefficient (Wildman–Crippen LogP) is 1.80. The van der Waals surface area contributed by atoms with E-state index in [2.05, 4.69) is 10.4 Å². The molecule has 0 spiro atoms. The molecule has 0 fully saturated rings. The van der Waals surface area contributed by atoms with Gasteiger partial charge in [0.1, 0.15) is 0 Å². The van der Waals surface area contributed by atoms with Crippen molar-refractivity contribution in [2.45, 2.75) is 20.8 Å². The fourth-order valence-corrected chi connectivity index (χ4v) is 1.68. The first kappa shape index (κ1) is 16.2. The van der Waals surface area contributed by atoms with Crippen LogP contribution in [0.1, 0.15) is 29.9 Å². The van der Waals surface area contributed by atoms with Crippen LogP contribution in [-0.4, -0.2) is 21.7 Å². The second-order valence-electron chi connectivity index (χ2n) is 4.03. The van der Waals surface area contributed by atoms with Crippen LogP contribution in [0.5, 0.6) is 0 Å². The van der Waals surface area contributed by atoms with Crippen LogP contribution in [0.3, 0.4) is 0 Å². The number of aryl methyl sites for hydroxylation is 1. The Bertz CT molecular complexity index is 649. The highest BCUT2D eigenvalue weighted by Gasteiger charge is 2.16. The van der Waals surface area contributed by atoms with Gasteiger partial charge in [0.15, 0.2) is 5.69 Å². The summed E-state index contributed by atoms with van der Waals surface area (Å²) < 4.78 is 1.46. The highest BCUT2D eigenvalue weighted by Crippen LogP contribution is 2.17. The summed E-state index contributed by atoms with van der Waals surface area (Å²) in [5.41, 5.74) is 12.2. The molecule has 2 rings (SSSR count). The number of amides is 3. The zero-order valence-electron chi connectivity index (χ0n) is 12.3. The van der Waals surface area contributed by atoms with Gasteiger partial charge in [0.05, 0.1) is 17.6 Å². The quantitative estimate of drug-likeness (QED) is 0.799. The van der Waals surface area contributed by atoms with Gasteiger partial charge in [0, 0.05) is 0 Å². The third kappa shape index (κ3) is 4.07. The largest absolute Gasteiger partial charge is 0.364 e. The molecule has 21 heavy (non-hydrogen) atoms. The predicted molar refractivity (Wildman–Crippen MR) is 81.4 cm³/mol. The van der Waals surface area contributed by atoms with Crippen molar-refractivity contribution >= 4 is 17.6 Å². The van der Waals surface area contributed by atoms with Crippen molar-refractivity contribution in [1.29, 1.82) is 0 Å². The van der Waals surface area contributed by atoms with E-state index >= 15 is 0 Å². The molecule has 0 radical (unpaired) electrons. The Labute approximate surface area is 122 Å². The van der Waals surface area contributed by atoms with E-state index < -0.39 is 11.9 Å². The second-order valence-corrected chi connectivity index (χ2v) is 4.03. The molecular weight excluding hydrogens is 270 g/mol. The molecule has 2 aromatic rings. The Hall–Kier alpha value is -2.83. The maximum atomic E-state index is 11.3. The summed E-state index contributed by atoms with van der Waals surface area (Å²) in [5.74, 6) is -0.741. The third-order valence-electron chi connectivity index (χ3n) is 2.47. The van der Waals surface area contributed by atoms with Crippen LogP contribution < -0.4 is 16.8 Å². The van der Waals surface area contributed by atoms with Gasteiger partial charge in [-0.2, -0.15) is 5.10 Å². The Morgan fingerprint density at radius 2 is 1.90 bits per heavy atom. The lowest BCUT2D eigenvalue weighted by atomic mass is 10.2. The van der Waals surface area contributed by atoms with E-state index in [9.17, 15) is 9.59 Å². The van der Waals surface area contributed by atoms with Gasteiger partial charge in [-0.25, -0.2) is 9.48 Å². The van der Waals surface area contributed by atoms with Gasteiger partial charge in [-0.1, -0.05) is 26.0 Å². The van der Waals surface area contributed by atoms with Gasteiger partial charge >= 0.3 is 6.03 Å². The van der Waals surface area contributed by atoms with Crippen molar-refractivity contribution in [2.75, 3.05) is 5.32 Å². The lowest BCUT2D eigenvalue weighted by molar-refractivity contribution is 0.0996. The van der Waals surface area contributed by atoms with Crippen molar-refractivity contribution in [3.8, 4) is 5.69 Å². The number of primary amides is 2. The first-order chi connectivity index (χ1) is 9.97. The lowest BCUT2D eigenvalue weighted by Gasteiger charge is -2.01. The Morgan fingerprint density at radius 3 is 2.43 bits per heavy atom. The van der Waals surface area contributed by atoms with E-state index in [4.69, 9.17) is 11.5 Å². The number of carbonyl (C=O) groups excluding carboxylic acids is 2.